The Labute approximate surface area is 128 Å². The molecule has 22 heavy (non-hydrogen) atoms. The maximum absolute atomic E-state index is 12.3. The molecule has 0 unspecified atom stereocenters. The third-order valence-electron chi connectivity index (χ3n) is 3.00. The number of anilines is 1. The molecule has 0 saturated heterocycles. The molecule has 2 aromatic carbocycles. The quantitative estimate of drug-likeness (QED) is 0.852. The number of benzene rings is 2. The zero-order chi connectivity index (χ0) is 15.8. The van der Waals surface area contributed by atoms with E-state index in [1.807, 2.05) is 60.7 Å². The summed E-state index contributed by atoms with van der Waals surface area (Å²) in [4.78, 5) is 24.4. The van der Waals surface area contributed by atoms with Crippen molar-refractivity contribution in [1.82, 2.24) is 0 Å². The third-order valence-corrected chi connectivity index (χ3v) is 3.00. The summed E-state index contributed by atoms with van der Waals surface area (Å²) in [6.07, 6.45) is 0. The summed E-state index contributed by atoms with van der Waals surface area (Å²) < 4.78 is 4.91. The van der Waals surface area contributed by atoms with E-state index in [9.17, 15) is 9.59 Å². The number of rotatable bonds is 7. The average Bonchev–Trinajstić information content (AvgIpc) is 2.54. The van der Waals surface area contributed by atoms with E-state index in [1.165, 1.54) is 0 Å². The second-order valence-electron chi connectivity index (χ2n) is 4.69. The Hall–Kier alpha value is -2.66. The van der Waals surface area contributed by atoms with Crippen LogP contribution >= 0.6 is 0 Å². The zero-order valence-electron chi connectivity index (χ0n) is 12.0. The first-order chi connectivity index (χ1) is 10.7. The highest BCUT2D eigenvalue weighted by molar-refractivity contribution is 5.94. The molecule has 0 radical (unpaired) electrons. The summed E-state index contributed by atoms with van der Waals surface area (Å²) in [6, 6.07) is 18.8. The molecule has 0 bridgehead atoms. The molecular weight excluding hydrogens is 282 g/mol. The van der Waals surface area contributed by atoms with Crippen molar-refractivity contribution < 1.29 is 19.4 Å². The van der Waals surface area contributed by atoms with Gasteiger partial charge in [-0.15, -0.1) is 0 Å². The zero-order valence-corrected chi connectivity index (χ0v) is 12.0. The number of carbonyl (C=O) groups is 2. The summed E-state index contributed by atoms with van der Waals surface area (Å²) in [5, 5.41) is 8.57. The maximum atomic E-state index is 12.3. The molecule has 0 heterocycles. The maximum Gasteiger partial charge on any atom is 0.329 e. The molecule has 1 amide bonds. The van der Waals surface area contributed by atoms with Crippen LogP contribution in [0, 0.1) is 0 Å². The van der Waals surface area contributed by atoms with Gasteiger partial charge < -0.3 is 14.7 Å². The summed E-state index contributed by atoms with van der Waals surface area (Å²) in [5.74, 6) is -1.38. The summed E-state index contributed by atoms with van der Waals surface area (Å²) >= 11 is 0. The van der Waals surface area contributed by atoms with Crippen molar-refractivity contribution >= 4 is 17.6 Å². The van der Waals surface area contributed by atoms with Crippen LogP contribution in [0.15, 0.2) is 60.7 Å². The largest absolute Gasteiger partial charge is 0.480 e. The first kappa shape index (κ1) is 15.7. The Morgan fingerprint density at radius 2 is 1.50 bits per heavy atom. The molecule has 0 aliphatic heterocycles. The molecule has 0 aromatic heterocycles. The van der Waals surface area contributed by atoms with Gasteiger partial charge in [0.25, 0.3) is 5.91 Å². The van der Waals surface area contributed by atoms with Crippen molar-refractivity contribution in [3.05, 3.63) is 66.2 Å². The first-order valence-electron chi connectivity index (χ1n) is 6.85. The number of carboxylic acid groups (broad SMARTS) is 1. The molecule has 0 spiro atoms. The monoisotopic (exact) mass is 299 g/mol. The predicted octanol–water partition coefficient (Wildman–Crippen LogP) is 2.32. The molecule has 2 aromatic rings. The van der Waals surface area contributed by atoms with Crippen molar-refractivity contribution in [2.75, 3.05) is 18.1 Å². The predicted molar refractivity (Wildman–Crippen MR) is 82.5 cm³/mol. The van der Waals surface area contributed by atoms with Gasteiger partial charge in [-0.2, -0.15) is 0 Å². The number of carboxylic acids is 1. The fraction of sp³-hybridized carbons (Fsp3) is 0.176. The molecule has 5 heteroatoms. The molecule has 0 saturated carbocycles. The minimum absolute atomic E-state index is 0.270. The van der Waals surface area contributed by atoms with E-state index < -0.39 is 12.6 Å². The SMILES string of the molecule is O=C(O)COCC(=O)N(Cc1ccccc1)c1ccccc1. The number of ether oxygens (including phenoxy) is 1. The Morgan fingerprint density at radius 3 is 2.09 bits per heavy atom. The highest BCUT2D eigenvalue weighted by Crippen LogP contribution is 2.17. The number of hydrogen-bond donors (Lipinski definition) is 1. The Bertz CT molecular complexity index is 613. The molecular formula is C17H17NO4. The Kier molecular flexibility index (Phi) is 5.68. The van der Waals surface area contributed by atoms with Crippen molar-refractivity contribution in [1.29, 1.82) is 0 Å². The molecule has 5 nitrogen and oxygen atoms in total. The van der Waals surface area contributed by atoms with Crippen molar-refractivity contribution in [2.45, 2.75) is 6.54 Å². The van der Waals surface area contributed by atoms with Gasteiger partial charge >= 0.3 is 5.97 Å². The Morgan fingerprint density at radius 1 is 0.909 bits per heavy atom. The van der Waals surface area contributed by atoms with Gasteiger partial charge in [0.05, 0.1) is 6.54 Å². The lowest BCUT2D eigenvalue weighted by Gasteiger charge is -2.23. The number of nitrogens with zero attached hydrogens (tertiary/aromatic N) is 1. The van der Waals surface area contributed by atoms with Gasteiger partial charge in [0.2, 0.25) is 0 Å². The molecule has 114 valence electrons. The van der Waals surface area contributed by atoms with Crippen LogP contribution in [0.2, 0.25) is 0 Å². The van der Waals surface area contributed by atoms with Gasteiger partial charge in [-0.25, -0.2) is 4.79 Å². The Balaban J connectivity index is 2.11. The lowest BCUT2D eigenvalue weighted by atomic mass is 10.2. The number of amides is 1. The van der Waals surface area contributed by atoms with Crippen LogP contribution in [0.3, 0.4) is 0 Å². The van der Waals surface area contributed by atoms with Crippen LogP contribution in [0.25, 0.3) is 0 Å². The second kappa shape index (κ2) is 7.95. The van der Waals surface area contributed by atoms with Gasteiger partial charge in [-0.05, 0) is 17.7 Å². The molecule has 0 aliphatic carbocycles. The normalized spacial score (nSPS) is 10.2. The van der Waals surface area contributed by atoms with Gasteiger partial charge in [0, 0.05) is 5.69 Å². The molecule has 0 fully saturated rings. The molecule has 0 aliphatic rings. The molecule has 0 atom stereocenters. The van der Waals surface area contributed by atoms with E-state index in [0.29, 0.717) is 6.54 Å². The van der Waals surface area contributed by atoms with E-state index in [-0.39, 0.29) is 12.5 Å². The van der Waals surface area contributed by atoms with E-state index in [2.05, 4.69) is 0 Å². The fourth-order valence-corrected chi connectivity index (χ4v) is 2.00. The number of para-hydroxylation sites is 1. The van der Waals surface area contributed by atoms with Gasteiger partial charge in [-0.1, -0.05) is 48.5 Å². The standard InChI is InChI=1S/C17H17NO4/c19-16(12-22-13-17(20)21)18(15-9-5-2-6-10-15)11-14-7-3-1-4-8-14/h1-10H,11-13H2,(H,20,21). The van der Waals surface area contributed by atoms with Crippen LogP contribution in [-0.4, -0.2) is 30.2 Å². The van der Waals surface area contributed by atoms with Crippen LogP contribution < -0.4 is 4.90 Å². The fourth-order valence-electron chi connectivity index (χ4n) is 2.00. The van der Waals surface area contributed by atoms with Gasteiger partial charge in [-0.3, -0.25) is 4.79 Å². The summed E-state index contributed by atoms with van der Waals surface area (Å²) in [5.41, 5.74) is 1.73. The van der Waals surface area contributed by atoms with Gasteiger partial charge in [0.15, 0.2) is 0 Å². The smallest absolute Gasteiger partial charge is 0.329 e. The lowest BCUT2D eigenvalue weighted by molar-refractivity contribution is -0.143. The van der Waals surface area contributed by atoms with Crippen LogP contribution in [0.5, 0.6) is 0 Å². The summed E-state index contributed by atoms with van der Waals surface area (Å²) in [7, 11) is 0. The highest BCUT2D eigenvalue weighted by Gasteiger charge is 2.16. The van der Waals surface area contributed by atoms with Crippen LogP contribution in [0.4, 0.5) is 5.69 Å². The highest BCUT2D eigenvalue weighted by atomic mass is 16.5. The van der Waals surface area contributed by atoms with Gasteiger partial charge in [0.1, 0.15) is 13.2 Å². The molecule has 1 N–H and O–H groups in total. The average molecular weight is 299 g/mol. The summed E-state index contributed by atoms with van der Waals surface area (Å²) in [6.45, 7) is -0.353. The second-order valence-corrected chi connectivity index (χ2v) is 4.69. The van der Waals surface area contributed by atoms with E-state index in [4.69, 9.17) is 9.84 Å². The van der Waals surface area contributed by atoms with E-state index >= 15 is 0 Å². The minimum Gasteiger partial charge on any atom is -0.480 e. The van der Waals surface area contributed by atoms with Crippen LogP contribution in [0.1, 0.15) is 5.56 Å². The topological polar surface area (TPSA) is 66.8 Å². The van der Waals surface area contributed by atoms with E-state index in [1.54, 1.807) is 4.90 Å². The number of carbonyl (C=O) groups excluding carboxylic acids is 1. The number of hydrogen-bond acceptors (Lipinski definition) is 3. The van der Waals surface area contributed by atoms with Crippen molar-refractivity contribution in [3.8, 4) is 0 Å². The first-order valence-corrected chi connectivity index (χ1v) is 6.85. The van der Waals surface area contributed by atoms with E-state index in [0.717, 1.165) is 11.3 Å². The van der Waals surface area contributed by atoms with Crippen LogP contribution in [-0.2, 0) is 20.9 Å². The van der Waals surface area contributed by atoms with Crippen molar-refractivity contribution in [3.63, 3.8) is 0 Å². The molecule has 2 rings (SSSR count). The third kappa shape index (κ3) is 4.71. The minimum atomic E-state index is -1.10. The number of aliphatic carboxylic acids is 1. The lowest BCUT2D eigenvalue weighted by Crippen LogP contribution is -2.34. The van der Waals surface area contributed by atoms with Crippen molar-refractivity contribution in [2.24, 2.45) is 0 Å².